The van der Waals surface area contributed by atoms with Crippen LogP contribution in [0.3, 0.4) is 0 Å². The van der Waals surface area contributed by atoms with Crippen LogP contribution in [0.2, 0.25) is 0 Å². The second kappa shape index (κ2) is 17.6. The van der Waals surface area contributed by atoms with E-state index < -0.39 is 0 Å². The SMILES string of the molecule is C=C/C=C(\C=C(C)C)CN(C)c1ccccc1S/C(C=O)=C\c1ccc(C(=O)NCCCN(C)C2CCCCC2)cc1. The fraction of sp³-hybridized carbons (Fsp3) is 0.389. The molecule has 1 aliphatic rings. The Morgan fingerprint density at radius 1 is 1.05 bits per heavy atom. The maximum atomic E-state index is 12.7. The number of carbonyl (C=O) groups excluding carboxylic acids is 2. The van der Waals surface area contributed by atoms with E-state index in [1.807, 2.05) is 60.7 Å². The molecule has 5 nitrogen and oxygen atoms in total. The van der Waals surface area contributed by atoms with Crippen molar-refractivity contribution in [2.45, 2.75) is 63.3 Å². The molecule has 1 aliphatic carbocycles. The topological polar surface area (TPSA) is 52.7 Å². The van der Waals surface area contributed by atoms with Crippen LogP contribution < -0.4 is 10.2 Å². The maximum Gasteiger partial charge on any atom is 0.251 e. The Kier molecular flexibility index (Phi) is 13.9. The number of aldehydes is 1. The Bertz CT molecular complexity index is 1270. The maximum absolute atomic E-state index is 12.7. The standard InChI is InChI=1S/C36H47N3O2S/c1-6-13-30(24-28(2)3)26-39(5)34-16-10-11-17-35(34)42-33(27-40)25-29-18-20-31(21-19-29)36(41)37-22-12-23-38(4)32-14-8-7-9-15-32/h6,10-11,13,16-21,24-25,27,32H,1,7-9,12,14-15,22-23,26H2,2-5H3,(H,37,41)/b30-13+,33-25-. The monoisotopic (exact) mass is 585 g/mol. The molecule has 3 rings (SSSR count). The van der Waals surface area contributed by atoms with Crippen molar-refractivity contribution in [3.05, 3.63) is 101 Å². The van der Waals surface area contributed by atoms with Gasteiger partial charge in [-0.15, -0.1) is 0 Å². The zero-order valence-corrected chi connectivity index (χ0v) is 26.6. The number of nitrogens with zero attached hydrogens (tertiary/aromatic N) is 2. The molecular weight excluding hydrogens is 538 g/mol. The Hall–Kier alpha value is -3.35. The number of para-hydroxylation sites is 1. The number of nitrogens with one attached hydrogen (secondary N) is 1. The van der Waals surface area contributed by atoms with Crippen LogP contribution in [0.15, 0.2) is 94.3 Å². The molecule has 1 saturated carbocycles. The predicted molar refractivity (Wildman–Crippen MR) is 180 cm³/mol. The van der Waals surface area contributed by atoms with E-state index >= 15 is 0 Å². The van der Waals surface area contributed by atoms with Crippen molar-refractivity contribution in [1.29, 1.82) is 0 Å². The predicted octanol–water partition coefficient (Wildman–Crippen LogP) is 7.92. The zero-order valence-electron chi connectivity index (χ0n) is 25.8. The molecule has 1 amide bonds. The van der Waals surface area contributed by atoms with Crippen LogP contribution in [0.25, 0.3) is 6.08 Å². The van der Waals surface area contributed by atoms with Crippen molar-refractivity contribution in [3.8, 4) is 0 Å². The minimum atomic E-state index is -0.0641. The number of anilines is 1. The van der Waals surface area contributed by atoms with Crippen molar-refractivity contribution in [3.63, 3.8) is 0 Å². The van der Waals surface area contributed by atoms with Crippen molar-refractivity contribution in [1.82, 2.24) is 10.2 Å². The molecule has 1 N–H and O–H groups in total. The molecule has 0 atom stereocenters. The summed E-state index contributed by atoms with van der Waals surface area (Å²) in [5, 5.41) is 3.05. The first kappa shape index (κ1) is 33.2. The summed E-state index contributed by atoms with van der Waals surface area (Å²) < 4.78 is 0. The smallest absolute Gasteiger partial charge is 0.251 e. The summed E-state index contributed by atoms with van der Waals surface area (Å²) in [4.78, 5) is 31.0. The van der Waals surface area contributed by atoms with E-state index in [0.717, 1.165) is 47.5 Å². The molecule has 1 fully saturated rings. The van der Waals surface area contributed by atoms with Gasteiger partial charge in [-0.25, -0.2) is 0 Å². The first-order valence-electron chi connectivity index (χ1n) is 15.0. The Morgan fingerprint density at radius 2 is 1.76 bits per heavy atom. The second-order valence-corrected chi connectivity index (χ2v) is 12.4. The fourth-order valence-corrected chi connectivity index (χ4v) is 6.30. The minimum Gasteiger partial charge on any atom is -0.369 e. The normalized spacial score (nSPS) is 14.4. The molecule has 0 radical (unpaired) electrons. The molecular formula is C36H47N3O2S. The number of likely N-dealkylation sites (N-methyl/N-ethyl adjacent to an activating group) is 1. The van der Waals surface area contributed by atoms with Gasteiger partial charge in [0.25, 0.3) is 5.91 Å². The lowest BCUT2D eigenvalue weighted by atomic mass is 9.94. The second-order valence-electron chi connectivity index (χ2n) is 11.3. The number of rotatable bonds is 15. The zero-order chi connectivity index (χ0) is 30.3. The Labute approximate surface area is 257 Å². The van der Waals surface area contributed by atoms with E-state index in [4.69, 9.17) is 0 Å². The van der Waals surface area contributed by atoms with E-state index in [1.165, 1.54) is 49.4 Å². The molecule has 0 unspecified atom stereocenters. The van der Waals surface area contributed by atoms with Crippen LogP contribution in [-0.4, -0.2) is 56.9 Å². The van der Waals surface area contributed by atoms with Crippen molar-refractivity contribution >= 4 is 35.7 Å². The summed E-state index contributed by atoms with van der Waals surface area (Å²) in [6, 6.07) is 16.2. The summed E-state index contributed by atoms with van der Waals surface area (Å²) in [5.74, 6) is -0.0641. The molecule has 0 aromatic heterocycles. The highest BCUT2D eigenvalue weighted by atomic mass is 32.2. The first-order chi connectivity index (χ1) is 20.3. The van der Waals surface area contributed by atoms with Gasteiger partial charge in [0.2, 0.25) is 0 Å². The fourth-order valence-electron chi connectivity index (χ4n) is 5.33. The van der Waals surface area contributed by atoms with Crippen molar-refractivity contribution in [2.75, 3.05) is 38.6 Å². The average Bonchev–Trinajstić information content (AvgIpc) is 2.99. The molecule has 6 heteroatoms. The third-order valence-corrected chi connectivity index (χ3v) is 8.51. The third kappa shape index (κ3) is 10.8. The van der Waals surface area contributed by atoms with Gasteiger partial charge in [0.05, 0.1) is 10.6 Å². The highest BCUT2D eigenvalue weighted by Crippen LogP contribution is 2.35. The number of amides is 1. The Morgan fingerprint density at radius 3 is 2.43 bits per heavy atom. The van der Waals surface area contributed by atoms with E-state index in [9.17, 15) is 9.59 Å². The molecule has 0 heterocycles. The lowest BCUT2D eigenvalue weighted by molar-refractivity contribution is -0.104. The van der Waals surface area contributed by atoms with Gasteiger partial charge in [-0.1, -0.05) is 85.7 Å². The van der Waals surface area contributed by atoms with Crippen LogP contribution >= 0.6 is 11.8 Å². The summed E-state index contributed by atoms with van der Waals surface area (Å²) in [6.07, 6.45) is 16.3. The summed E-state index contributed by atoms with van der Waals surface area (Å²) in [7, 11) is 4.26. The summed E-state index contributed by atoms with van der Waals surface area (Å²) >= 11 is 1.44. The lowest BCUT2D eigenvalue weighted by Gasteiger charge is -2.31. The molecule has 42 heavy (non-hydrogen) atoms. The van der Waals surface area contributed by atoms with Gasteiger partial charge in [-0.3, -0.25) is 9.59 Å². The average molecular weight is 586 g/mol. The molecule has 0 aliphatic heterocycles. The van der Waals surface area contributed by atoms with E-state index in [1.54, 1.807) is 0 Å². The largest absolute Gasteiger partial charge is 0.369 e. The van der Waals surface area contributed by atoms with Gasteiger partial charge in [-0.2, -0.15) is 0 Å². The van der Waals surface area contributed by atoms with Crippen molar-refractivity contribution in [2.24, 2.45) is 0 Å². The molecule has 0 bridgehead atoms. The number of carbonyl (C=O) groups is 2. The molecule has 0 spiro atoms. The van der Waals surface area contributed by atoms with Crippen LogP contribution in [0.4, 0.5) is 5.69 Å². The highest BCUT2D eigenvalue weighted by molar-refractivity contribution is 8.04. The number of hydrogen-bond acceptors (Lipinski definition) is 5. The molecule has 2 aromatic carbocycles. The van der Waals surface area contributed by atoms with Gasteiger partial charge in [0.1, 0.15) is 0 Å². The van der Waals surface area contributed by atoms with E-state index in [-0.39, 0.29) is 5.91 Å². The third-order valence-electron chi connectivity index (χ3n) is 7.50. The van der Waals surface area contributed by atoms with Crippen LogP contribution in [-0.2, 0) is 4.79 Å². The molecule has 0 saturated heterocycles. The van der Waals surface area contributed by atoms with Gasteiger partial charge in [-0.05, 0) is 88.2 Å². The Balaban J connectivity index is 1.58. The van der Waals surface area contributed by atoms with Gasteiger partial charge >= 0.3 is 0 Å². The van der Waals surface area contributed by atoms with E-state index in [2.05, 4.69) is 61.8 Å². The summed E-state index contributed by atoms with van der Waals surface area (Å²) in [5.41, 5.74) is 4.94. The molecule has 224 valence electrons. The van der Waals surface area contributed by atoms with Gasteiger partial charge < -0.3 is 15.1 Å². The van der Waals surface area contributed by atoms with E-state index in [0.29, 0.717) is 23.1 Å². The number of allylic oxidation sites excluding steroid dienone is 4. The highest BCUT2D eigenvalue weighted by Gasteiger charge is 2.17. The first-order valence-corrected chi connectivity index (χ1v) is 15.8. The quantitative estimate of drug-likeness (QED) is 0.0757. The van der Waals surface area contributed by atoms with Crippen LogP contribution in [0.5, 0.6) is 0 Å². The number of thioether (sulfide) groups is 1. The van der Waals surface area contributed by atoms with Crippen molar-refractivity contribution < 1.29 is 9.59 Å². The summed E-state index contributed by atoms with van der Waals surface area (Å²) in [6.45, 7) is 10.4. The number of benzene rings is 2. The van der Waals surface area contributed by atoms with Gasteiger partial charge in [0.15, 0.2) is 6.29 Å². The van der Waals surface area contributed by atoms with Crippen LogP contribution in [0.1, 0.15) is 68.3 Å². The molecule has 2 aromatic rings. The van der Waals surface area contributed by atoms with Gasteiger partial charge in [0, 0.05) is 36.6 Å². The lowest BCUT2D eigenvalue weighted by Crippen LogP contribution is -2.35. The number of hydrogen-bond donors (Lipinski definition) is 1. The minimum absolute atomic E-state index is 0.0641. The van der Waals surface area contributed by atoms with Crippen LogP contribution in [0, 0.1) is 0 Å².